The van der Waals surface area contributed by atoms with Gasteiger partial charge in [-0.3, -0.25) is 9.48 Å². The molecule has 0 aromatic carbocycles. The summed E-state index contributed by atoms with van der Waals surface area (Å²) in [4.78, 5) is 16.1. The number of pyridine rings is 1. The Bertz CT molecular complexity index is 604. The van der Waals surface area contributed by atoms with Crippen LogP contribution in [0.3, 0.4) is 0 Å². The maximum Gasteiger partial charge on any atom is 0.241 e. The fraction of sp³-hybridized carbons (Fsp3) is 0.462. The van der Waals surface area contributed by atoms with Gasteiger partial charge in [-0.25, -0.2) is 4.98 Å². The highest BCUT2D eigenvalue weighted by molar-refractivity contribution is 5.96. The van der Waals surface area contributed by atoms with Crippen molar-refractivity contribution in [3.63, 3.8) is 0 Å². The van der Waals surface area contributed by atoms with Gasteiger partial charge in [0, 0.05) is 12.4 Å². The summed E-state index contributed by atoms with van der Waals surface area (Å²) in [5.41, 5.74) is 8.11. The van der Waals surface area contributed by atoms with Gasteiger partial charge in [-0.2, -0.15) is 5.10 Å². The standard InChI is InChI=1S/C13H19N5O/c1-4-5-11(14)13(19)16-9-6-10-8(2)17-18(3)12(10)15-7-9/h6-7,11H,4-5,14H2,1-3H3,(H,16,19)/t11-/m1/s1. The van der Waals surface area contributed by atoms with Crippen molar-refractivity contribution in [1.29, 1.82) is 0 Å². The predicted octanol–water partition coefficient (Wildman–Crippen LogP) is 1.34. The van der Waals surface area contributed by atoms with Crippen LogP contribution in [-0.2, 0) is 11.8 Å². The van der Waals surface area contributed by atoms with Crippen molar-refractivity contribution in [3.8, 4) is 0 Å². The van der Waals surface area contributed by atoms with Gasteiger partial charge in [-0.1, -0.05) is 13.3 Å². The van der Waals surface area contributed by atoms with Crippen molar-refractivity contribution in [1.82, 2.24) is 14.8 Å². The number of nitrogens with zero attached hydrogens (tertiary/aromatic N) is 3. The summed E-state index contributed by atoms with van der Waals surface area (Å²) in [7, 11) is 1.84. The number of nitrogens with two attached hydrogens (primary N) is 1. The molecule has 102 valence electrons. The minimum atomic E-state index is -0.476. The number of hydrogen-bond donors (Lipinski definition) is 2. The van der Waals surface area contributed by atoms with Gasteiger partial charge in [0.25, 0.3) is 0 Å². The summed E-state index contributed by atoms with van der Waals surface area (Å²) in [6.45, 7) is 3.91. The fourth-order valence-electron chi connectivity index (χ4n) is 2.05. The lowest BCUT2D eigenvalue weighted by Gasteiger charge is -2.10. The molecule has 2 aromatic heterocycles. The molecule has 0 saturated heterocycles. The van der Waals surface area contributed by atoms with E-state index in [0.29, 0.717) is 12.1 Å². The molecule has 0 unspecified atom stereocenters. The van der Waals surface area contributed by atoms with Crippen LogP contribution in [0.5, 0.6) is 0 Å². The zero-order chi connectivity index (χ0) is 14.0. The molecule has 2 aromatic rings. The molecule has 6 heteroatoms. The maximum absolute atomic E-state index is 11.8. The topological polar surface area (TPSA) is 85.8 Å². The van der Waals surface area contributed by atoms with Crippen molar-refractivity contribution in [2.24, 2.45) is 12.8 Å². The summed E-state index contributed by atoms with van der Waals surface area (Å²) in [6.07, 6.45) is 3.18. The van der Waals surface area contributed by atoms with E-state index in [2.05, 4.69) is 15.4 Å². The van der Waals surface area contributed by atoms with Crippen LogP contribution < -0.4 is 11.1 Å². The van der Waals surface area contributed by atoms with Crippen LogP contribution in [0.1, 0.15) is 25.5 Å². The van der Waals surface area contributed by atoms with Crippen molar-refractivity contribution in [2.75, 3.05) is 5.32 Å². The molecule has 19 heavy (non-hydrogen) atoms. The Hall–Kier alpha value is -1.95. The summed E-state index contributed by atoms with van der Waals surface area (Å²) in [5, 5.41) is 8.02. The molecule has 2 rings (SSSR count). The lowest BCUT2D eigenvalue weighted by molar-refractivity contribution is -0.117. The summed E-state index contributed by atoms with van der Waals surface area (Å²) < 4.78 is 1.72. The Labute approximate surface area is 112 Å². The first-order chi connectivity index (χ1) is 9.02. The average molecular weight is 261 g/mol. The highest BCUT2D eigenvalue weighted by Crippen LogP contribution is 2.19. The SMILES string of the molecule is CCC[C@@H](N)C(=O)Nc1cnc2c(c1)c(C)nn2C. The molecule has 0 fully saturated rings. The van der Waals surface area contributed by atoms with Gasteiger partial charge >= 0.3 is 0 Å². The van der Waals surface area contributed by atoms with Gasteiger partial charge in [0.1, 0.15) is 0 Å². The molecule has 0 aliphatic rings. The smallest absolute Gasteiger partial charge is 0.241 e. The number of hydrogen-bond acceptors (Lipinski definition) is 4. The van der Waals surface area contributed by atoms with Crippen LogP contribution in [0.2, 0.25) is 0 Å². The Morgan fingerprint density at radius 2 is 2.32 bits per heavy atom. The Morgan fingerprint density at radius 1 is 1.58 bits per heavy atom. The van der Waals surface area contributed by atoms with Gasteiger partial charge in [0.2, 0.25) is 5.91 Å². The van der Waals surface area contributed by atoms with E-state index >= 15 is 0 Å². The number of amides is 1. The Morgan fingerprint density at radius 3 is 3.00 bits per heavy atom. The summed E-state index contributed by atoms with van der Waals surface area (Å²) in [5.74, 6) is -0.176. The lowest BCUT2D eigenvalue weighted by Crippen LogP contribution is -2.35. The molecule has 3 N–H and O–H groups in total. The minimum absolute atomic E-state index is 0.176. The summed E-state index contributed by atoms with van der Waals surface area (Å²) in [6, 6.07) is 1.40. The highest BCUT2D eigenvalue weighted by Gasteiger charge is 2.13. The van der Waals surface area contributed by atoms with Crippen LogP contribution in [0, 0.1) is 6.92 Å². The van der Waals surface area contributed by atoms with E-state index in [9.17, 15) is 4.79 Å². The van der Waals surface area contributed by atoms with Crippen molar-refractivity contribution in [2.45, 2.75) is 32.7 Å². The fourth-order valence-corrected chi connectivity index (χ4v) is 2.05. The van der Waals surface area contributed by atoms with Crippen LogP contribution in [-0.4, -0.2) is 26.7 Å². The second-order valence-corrected chi connectivity index (χ2v) is 4.69. The molecule has 0 radical (unpaired) electrons. The molecule has 0 aliphatic heterocycles. The van der Waals surface area contributed by atoms with Crippen LogP contribution in [0.15, 0.2) is 12.3 Å². The van der Waals surface area contributed by atoms with E-state index in [-0.39, 0.29) is 5.91 Å². The number of rotatable bonds is 4. The zero-order valence-electron chi connectivity index (χ0n) is 11.5. The molecule has 1 atom stereocenters. The molecule has 0 saturated carbocycles. The third kappa shape index (κ3) is 2.73. The first-order valence-corrected chi connectivity index (χ1v) is 6.38. The Balaban J connectivity index is 2.22. The second kappa shape index (κ2) is 5.36. The Kier molecular flexibility index (Phi) is 3.80. The molecular formula is C13H19N5O. The molecular weight excluding hydrogens is 242 g/mol. The van der Waals surface area contributed by atoms with E-state index in [1.54, 1.807) is 10.9 Å². The lowest BCUT2D eigenvalue weighted by atomic mass is 10.1. The molecule has 1 amide bonds. The molecule has 0 spiro atoms. The van der Waals surface area contributed by atoms with Gasteiger partial charge in [0.15, 0.2) is 5.65 Å². The van der Waals surface area contributed by atoms with E-state index in [1.807, 2.05) is 27.0 Å². The van der Waals surface area contributed by atoms with Gasteiger partial charge in [0.05, 0.1) is 23.6 Å². The number of aromatic nitrogens is 3. The van der Waals surface area contributed by atoms with Crippen LogP contribution in [0.25, 0.3) is 11.0 Å². The van der Waals surface area contributed by atoms with E-state index in [4.69, 9.17) is 5.73 Å². The largest absolute Gasteiger partial charge is 0.323 e. The van der Waals surface area contributed by atoms with E-state index in [1.165, 1.54) is 0 Å². The van der Waals surface area contributed by atoms with E-state index in [0.717, 1.165) is 23.1 Å². The number of anilines is 1. The normalized spacial score (nSPS) is 12.6. The van der Waals surface area contributed by atoms with Crippen molar-refractivity contribution < 1.29 is 4.79 Å². The molecule has 2 heterocycles. The van der Waals surface area contributed by atoms with Crippen LogP contribution >= 0.6 is 0 Å². The molecule has 0 aliphatic carbocycles. The first kappa shape index (κ1) is 13.5. The highest BCUT2D eigenvalue weighted by atomic mass is 16.2. The van der Waals surface area contributed by atoms with Gasteiger partial charge < -0.3 is 11.1 Å². The molecule has 6 nitrogen and oxygen atoms in total. The third-order valence-corrected chi connectivity index (χ3v) is 3.07. The average Bonchev–Trinajstić information content (AvgIpc) is 2.65. The number of carbonyl (C=O) groups is 1. The number of nitrogens with one attached hydrogen (secondary N) is 1. The van der Waals surface area contributed by atoms with Crippen molar-refractivity contribution in [3.05, 3.63) is 18.0 Å². The first-order valence-electron chi connectivity index (χ1n) is 6.38. The van der Waals surface area contributed by atoms with Crippen molar-refractivity contribution >= 4 is 22.6 Å². The predicted molar refractivity (Wildman–Crippen MR) is 74.8 cm³/mol. The number of carbonyl (C=O) groups excluding carboxylic acids is 1. The second-order valence-electron chi connectivity index (χ2n) is 4.69. The summed E-state index contributed by atoms with van der Waals surface area (Å²) >= 11 is 0. The molecule has 0 bridgehead atoms. The quantitative estimate of drug-likeness (QED) is 0.869. The number of fused-ring (bicyclic) bond motifs is 1. The minimum Gasteiger partial charge on any atom is -0.323 e. The maximum atomic E-state index is 11.8. The van der Waals surface area contributed by atoms with Gasteiger partial charge in [-0.05, 0) is 19.4 Å². The zero-order valence-corrected chi connectivity index (χ0v) is 11.5. The van der Waals surface area contributed by atoms with Gasteiger partial charge in [-0.15, -0.1) is 0 Å². The van der Waals surface area contributed by atoms with E-state index < -0.39 is 6.04 Å². The third-order valence-electron chi connectivity index (χ3n) is 3.07. The monoisotopic (exact) mass is 261 g/mol. The number of aryl methyl sites for hydroxylation is 2. The van der Waals surface area contributed by atoms with Crippen LogP contribution in [0.4, 0.5) is 5.69 Å².